The van der Waals surface area contributed by atoms with Crippen molar-refractivity contribution in [3.8, 4) is 0 Å². The molecule has 5 heteroatoms. The molecule has 5 rings (SSSR count). The second-order valence-electron chi connectivity index (χ2n) is 5.25. The standard InChI is InChI=1S/C17H10N4O/c22-10-5-6-11-12(9-10)16-20-13-3-1-2-4-14(13)21(16)17-15(11)18-7-8-19-17/h1-9,18H. The van der Waals surface area contributed by atoms with Gasteiger partial charge in [0, 0.05) is 23.2 Å². The van der Waals surface area contributed by atoms with E-state index < -0.39 is 0 Å². The van der Waals surface area contributed by atoms with Crippen molar-refractivity contribution in [1.29, 1.82) is 0 Å². The highest BCUT2D eigenvalue weighted by Gasteiger charge is 2.14. The van der Waals surface area contributed by atoms with Gasteiger partial charge in [-0.1, -0.05) is 12.1 Å². The molecule has 0 spiro atoms. The maximum absolute atomic E-state index is 11.8. The number of benzene rings is 2. The minimum absolute atomic E-state index is 0.0234. The lowest BCUT2D eigenvalue weighted by Gasteiger charge is -2.07. The Kier molecular flexibility index (Phi) is 2.04. The Morgan fingerprint density at radius 3 is 2.86 bits per heavy atom. The van der Waals surface area contributed by atoms with Crippen LogP contribution >= 0.6 is 0 Å². The number of fused-ring (bicyclic) bond motifs is 8. The number of hydrogen-bond donors (Lipinski definition) is 1. The molecule has 22 heavy (non-hydrogen) atoms. The Morgan fingerprint density at radius 2 is 1.91 bits per heavy atom. The number of H-pyrrole nitrogens is 1. The molecule has 3 heterocycles. The number of nitrogens with one attached hydrogen (secondary N) is 1. The number of imidazole rings is 1. The summed E-state index contributed by atoms with van der Waals surface area (Å²) in [6.07, 6.45) is 3.52. The van der Waals surface area contributed by atoms with Crippen LogP contribution in [0.25, 0.3) is 38.6 Å². The van der Waals surface area contributed by atoms with Crippen LogP contribution in [0, 0.1) is 0 Å². The van der Waals surface area contributed by atoms with Gasteiger partial charge in [-0.05, 0) is 30.3 Å². The minimum Gasteiger partial charge on any atom is -0.357 e. The number of nitrogens with zero attached hydrogens (tertiary/aromatic N) is 3. The predicted octanol–water partition coefficient (Wildman–Crippen LogP) is 2.88. The van der Waals surface area contributed by atoms with Crippen LogP contribution in [0.1, 0.15) is 0 Å². The molecular formula is C17H10N4O. The molecule has 0 atom stereocenters. The molecule has 104 valence electrons. The fourth-order valence-electron chi connectivity index (χ4n) is 3.07. The maximum atomic E-state index is 11.8. The van der Waals surface area contributed by atoms with E-state index in [2.05, 4.69) is 9.97 Å². The van der Waals surface area contributed by atoms with Crippen LogP contribution in [-0.2, 0) is 0 Å². The highest BCUT2D eigenvalue weighted by atomic mass is 16.1. The van der Waals surface area contributed by atoms with Crippen LogP contribution < -0.4 is 5.43 Å². The van der Waals surface area contributed by atoms with Gasteiger partial charge in [0.1, 0.15) is 5.65 Å². The summed E-state index contributed by atoms with van der Waals surface area (Å²) >= 11 is 0. The lowest BCUT2D eigenvalue weighted by atomic mass is 10.1. The zero-order valence-corrected chi connectivity index (χ0v) is 11.4. The quantitative estimate of drug-likeness (QED) is 0.445. The third-order valence-electron chi connectivity index (χ3n) is 4.00. The lowest BCUT2D eigenvalue weighted by molar-refractivity contribution is 1.19. The van der Waals surface area contributed by atoms with Crippen LogP contribution in [0.3, 0.4) is 0 Å². The van der Waals surface area contributed by atoms with Gasteiger partial charge in [0.15, 0.2) is 11.1 Å². The Bertz CT molecular complexity index is 1250. The van der Waals surface area contributed by atoms with Gasteiger partial charge in [-0.2, -0.15) is 0 Å². The van der Waals surface area contributed by atoms with Crippen molar-refractivity contribution >= 4 is 38.6 Å². The second-order valence-corrected chi connectivity index (χ2v) is 5.25. The molecular weight excluding hydrogens is 276 g/mol. The summed E-state index contributed by atoms with van der Waals surface area (Å²) in [7, 11) is 0. The lowest BCUT2D eigenvalue weighted by Crippen LogP contribution is -2.00. The first-order valence-corrected chi connectivity index (χ1v) is 6.99. The summed E-state index contributed by atoms with van der Waals surface area (Å²) in [5.41, 5.74) is 4.30. The van der Waals surface area contributed by atoms with Crippen LogP contribution in [0.15, 0.2) is 59.7 Å². The Hall–Kier alpha value is -3.21. The van der Waals surface area contributed by atoms with Gasteiger partial charge in [0.25, 0.3) is 0 Å². The molecule has 0 aliphatic heterocycles. The van der Waals surface area contributed by atoms with E-state index in [9.17, 15) is 4.79 Å². The molecule has 0 bridgehead atoms. The van der Waals surface area contributed by atoms with E-state index in [-0.39, 0.29) is 5.43 Å². The maximum Gasteiger partial charge on any atom is 0.179 e. The first-order chi connectivity index (χ1) is 10.8. The zero-order chi connectivity index (χ0) is 14.7. The van der Waals surface area contributed by atoms with Gasteiger partial charge < -0.3 is 4.98 Å². The van der Waals surface area contributed by atoms with Gasteiger partial charge in [0.05, 0.1) is 16.6 Å². The summed E-state index contributed by atoms with van der Waals surface area (Å²) < 4.78 is 2.00. The Morgan fingerprint density at radius 1 is 1.00 bits per heavy atom. The molecule has 3 aromatic heterocycles. The number of hydrogen-bond acceptors (Lipinski definition) is 3. The molecule has 0 saturated heterocycles. The van der Waals surface area contributed by atoms with Gasteiger partial charge in [0.2, 0.25) is 0 Å². The Balaban J connectivity index is 2.26. The molecule has 0 radical (unpaired) electrons. The molecule has 5 aromatic rings. The molecule has 1 N–H and O–H groups in total. The fourth-order valence-corrected chi connectivity index (χ4v) is 3.07. The fraction of sp³-hybridized carbons (Fsp3) is 0. The van der Waals surface area contributed by atoms with E-state index in [1.807, 2.05) is 34.7 Å². The minimum atomic E-state index is -0.0234. The third-order valence-corrected chi connectivity index (χ3v) is 4.00. The van der Waals surface area contributed by atoms with E-state index >= 15 is 0 Å². The number of para-hydroxylation sites is 2. The molecule has 5 nitrogen and oxygen atoms in total. The average Bonchev–Trinajstić information content (AvgIpc) is 2.95. The van der Waals surface area contributed by atoms with Crippen molar-refractivity contribution < 1.29 is 0 Å². The number of rotatable bonds is 0. The van der Waals surface area contributed by atoms with Crippen molar-refractivity contribution in [2.45, 2.75) is 0 Å². The summed E-state index contributed by atoms with van der Waals surface area (Å²) in [5, 5.41) is 1.78. The molecule has 0 aliphatic carbocycles. The first kappa shape index (κ1) is 11.4. The zero-order valence-electron chi connectivity index (χ0n) is 11.4. The molecule has 0 unspecified atom stereocenters. The number of pyridine rings is 1. The predicted molar refractivity (Wildman–Crippen MR) is 86.1 cm³/mol. The van der Waals surface area contributed by atoms with E-state index in [4.69, 9.17) is 4.98 Å². The molecule has 0 saturated carbocycles. The van der Waals surface area contributed by atoms with Crippen LogP contribution in [0.2, 0.25) is 0 Å². The number of aromatic nitrogens is 4. The van der Waals surface area contributed by atoms with E-state index in [0.29, 0.717) is 0 Å². The summed E-state index contributed by atoms with van der Waals surface area (Å²) in [4.78, 5) is 24.3. The average molecular weight is 286 g/mol. The Labute approximate surface area is 123 Å². The van der Waals surface area contributed by atoms with Gasteiger partial charge in [-0.3, -0.25) is 9.20 Å². The van der Waals surface area contributed by atoms with Gasteiger partial charge in [-0.25, -0.2) is 9.97 Å². The van der Waals surface area contributed by atoms with Gasteiger partial charge in [-0.15, -0.1) is 0 Å². The van der Waals surface area contributed by atoms with Gasteiger partial charge >= 0.3 is 0 Å². The van der Waals surface area contributed by atoms with Crippen molar-refractivity contribution in [1.82, 2.24) is 19.4 Å². The molecule has 0 fully saturated rings. The van der Waals surface area contributed by atoms with Crippen LogP contribution in [0.4, 0.5) is 0 Å². The van der Waals surface area contributed by atoms with Crippen LogP contribution in [-0.4, -0.2) is 19.4 Å². The summed E-state index contributed by atoms with van der Waals surface area (Å²) in [6, 6.07) is 12.9. The van der Waals surface area contributed by atoms with E-state index in [1.54, 1.807) is 24.5 Å². The second kappa shape index (κ2) is 3.92. The monoisotopic (exact) mass is 286 g/mol. The summed E-state index contributed by atoms with van der Waals surface area (Å²) in [6.45, 7) is 0. The van der Waals surface area contributed by atoms with Crippen molar-refractivity contribution in [2.24, 2.45) is 0 Å². The third kappa shape index (κ3) is 1.34. The topological polar surface area (TPSA) is 63.1 Å². The largest absolute Gasteiger partial charge is 0.357 e. The molecule has 0 aliphatic rings. The van der Waals surface area contributed by atoms with Crippen molar-refractivity contribution in [3.63, 3.8) is 0 Å². The molecule has 0 amide bonds. The normalized spacial score (nSPS) is 11.8. The summed E-state index contributed by atoms with van der Waals surface area (Å²) in [5.74, 6) is 0. The highest BCUT2D eigenvalue weighted by molar-refractivity contribution is 6.11. The van der Waals surface area contributed by atoms with E-state index in [0.717, 1.165) is 38.6 Å². The highest BCUT2D eigenvalue weighted by Crippen LogP contribution is 2.29. The molecule has 2 aromatic carbocycles. The number of aromatic amines is 1. The van der Waals surface area contributed by atoms with Crippen LogP contribution in [0.5, 0.6) is 0 Å². The first-order valence-electron chi connectivity index (χ1n) is 6.99. The van der Waals surface area contributed by atoms with E-state index in [1.165, 1.54) is 0 Å². The smallest absolute Gasteiger partial charge is 0.179 e. The SMILES string of the molecule is O=c1ccc2c(c1)c1nc3ccccc3n1c1ncc[nH]c21. The van der Waals surface area contributed by atoms with Crippen molar-refractivity contribution in [3.05, 3.63) is 65.1 Å². The van der Waals surface area contributed by atoms with Crippen molar-refractivity contribution in [2.75, 3.05) is 0 Å².